The zero-order valence-electron chi connectivity index (χ0n) is 13.9. The Kier molecular flexibility index (Phi) is 5.07. The number of aryl methyl sites for hydroxylation is 2. The van der Waals surface area contributed by atoms with Crippen molar-refractivity contribution >= 4 is 33.0 Å². The largest absolute Gasteiger partial charge is 0.322 e. The highest BCUT2D eigenvalue weighted by molar-refractivity contribution is 7.92. The summed E-state index contributed by atoms with van der Waals surface area (Å²) in [5.41, 5.74) is 1.50. The maximum absolute atomic E-state index is 12.4. The summed E-state index contributed by atoms with van der Waals surface area (Å²) in [5.74, 6) is -0.612. The molecule has 0 aliphatic carbocycles. The first-order valence-corrected chi connectivity index (χ1v) is 9.11. The summed E-state index contributed by atoms with van der Waals surface area (Å²) >= 11 is 0. The quantitative estimate of drug-likeness (QED) is 0.625. The molecule has 0 saturated heterocycles. The second-order valence-corrected chi connectivity index (χ2v) is 7.33. The molecule has 2 aromatic carbocycles. The van der Waals surface area contributed by atoms with Crippen molar-refractivity contribution in [3.05, 3.63) is 63.2 Å². The molecule has 0 heterocycles. The van der Waals surface area contributed by atoms with Crippen molar-refractivity contribution in [2.24, 2.45) is 0 Å². The molecule has 8 nitrogen and oxygen atoms in total. The van der Waals surface area contributed by atoms with E-state index in [1.807, 2.05) is 0 Å². The van der Waals surface area contributed by atoms with Crippen LogP contribution in [0, 0.1) is 24.0 Å². The van der Waals surface area contributed by atoms with Gasteiger partial charge in [-0.05, 0) is 43.7 Å². The first kappa shape index (κ1) is 18.4. The minimum Gasteiger partial charge on any atom is -0.322 e. The van der Waals surface area contributed by atoms with E-state index in [1.54, 1.807) is 32.0 Å². The normalized spacial score (nSPS) is 11.0. The van der Waals surface area contributed by atoms with Gasteiger partial charge in [0.2, 0.25) is 10.0 Å². The second-order valence-electron chi connectivity index (χ2n) is 5.59. The molecule has 0 aromatic heterocycles. The zero-order chi connectivity index (χ0) is 18.8. The SMILES string of the molecule is Cc1cc(NC(=O)c2cccc(C)c2[N+](=O)[O-])ccc1NS(C)(=O)=O. The Hall–Kier alpha value is -2.94. The van der Waals surface area contributed by atoms with E-state index < -0.39 is 20.9 Å². The van der Waals surface area contributed by atoms with Crippen LogP contribution in [0.3, 0.4) is 0 Å². The van der Waals surface area contributed by atoms with Crippen LogP contribution in [0.2, 0.25) is 0 Å². The van der Waals surface area contributed by atoms with Crippen LogP contribution in [0.15, 0.2) is 36.4 Å². The molecule has 0 spiro atoms. The number of carbonyl (C=O) groups excluding carboxylic acids is 1. The van der Waals surface area contributed by atoms with Gasteiger partial charge in [0.15, 0.2) is 0 Å². The average molecular weight is 363 g/mol. The Balaban J connectivity index is 2.29. The fraction of sp³-hybridized carbons (Fsp3) is 0.188. The fourth-order valence-corrected chi connectivity index (χ4v) is 2.97. The van der Waals surface area contributed by atoms with Crippen LogP contribution < -0.4 is 10.0 Å². The molecule has 0 bridgehead atoms. The topological polar surface area (TPSA) is 118 Å². The molecule has 25 heavy (non-hydrogen) atoms. The third-order valence-electron chi connectivity index (χ3n) is 3.44. The standard InChI is InChI=1S/C16H17N3O5S/c1-10-5-4-6-13(15(10)19(21)22)16(20)17-12-7-8-14(11(2)9-12)18-25(3,23)24/h4-9,18H,1-3H3,(H,17,20). The Morgan fingerprint density at radius 3 is 2.36 bits per heavy atom. The number of nitro groups is 1. The Morgan fingerprint density at radius 2 is 1.80 bits per heavy atom. The monoisotopic (exact) mass is 363 g/mol. The van der Waals surface area contributed by atoms with Gasteiger partial charge in [0.25, 0.3) is 11.6 Å². The minimum atomic E-state index is -3.41. The van der Waals surface area contributed by atoms with Crippen molar-refractivity contribution in [1.29, 1.82) is 0 Å². The predicted octanol–water partition coefficient (Wildman–Crippen LogP) is 2.84. The van der Waals surface area contributed by atoms with Crippen molar-refractivity contribution in [3.8, 4) is 0 Å². The van der Waals surface area contributed by atoms with Gasteiger partial charge < -0.3 is 5.32 Å². The van der Waals surface area contributed by atoms with E-state index in [0.29, 0.717) is 22.5 Å². The summed E-state index contributed by atoms with van der Waals surface area (Å²) in [5, 5.41) is 13.8. The maximum Gasteiger partial charge on any atom is 0.285 e. The molecule has 132 valence electrons. The number of hydrogen-bond acceptors (Lipinski definition) is 5. The molecule has 0 saturated carbocycles. The van der Waals surface area contributed by atoms with Gasteiger partial charge in [-0.25, -0.2) is 8.42 Å². The highest BCUT2D eigenvalue weighted by Gasteiger charge is 2.22. The van der Waals surface area contributed by atoms with E-state index in [4.69, 9.17) is 0 Å². The molecule has 0 radical (unpaired) electrons. The van der Waals surface area contributed by atoms with Crippen LogP contribution in [-0.2, 0) is 10.0 Å². The van der Waals surface area contributed by atoms with Crippen LogP contribution in [0.5, 0.6) is 0 Å². The lowest BCUT2D eigenvalue weighted by Gasteiger charge is -2.11. The van der Waals surface area contributed by atoms with Gasteiger partial charge in [-0.3, -0.25) is 19.6 Å². The summed E-state index contributed by atoms with van der Waals surface area (Å²) in [7, 11) is -3.41. The van der Waals surface area contributed by atoms with Crippen LogP contribution in [0.25, 0.3) is 0 Å². The number of amides is 1. The first-order chi connectivity index (χ1) is 11.6. The third kappa shape index (κ3) is 4.54. The Morgan fingerprint density at radius 1 is 1.12 bits per heavy atom. The van der Waals surface area contributed by atoms with Gasteiger partial charge in [-0.1, -0.05) is 12.1 Å². The molecule has 0 atom stereocenters. The Bertz CT molecular complexity index is 954. The number of nitrogens with zero attached hydrogens (tertiary/aromatic N) is 1. The van der Waals surface area contributed by atoms with E-state index in [0.717, 1.165) is 6.26 Å². The van der Waals surface area contributed by atoms with E-state index in [1.165, 1.54) is 18.2 Å². The first-order valence-electron chi connectivity index (χ1n) is 7.22. The summed E-state index contributed by atoms with van der Waals surface area (Å²) in [6.07, 6.45) is 1.04. The fourth-order valence-electron chi connectivity index (χ4n) is 2.34. The number of hydrogen-bond donors (Lipinski definition) is 2. The molecule has 0 aliphatic rings. The number of nitrogens with one attached hydrogen (secondary N) is 2. The molecule has 9 heteroatoms. The van der Waals surface area contributed by atoms with Crippen LogP contribution >= 0.6 is 0 Å². The van der Waals surface area contributed by atoms with Gasteiger partial charge in [0.05, 0.1) is 16.9 Å². The molecule has 1 amide bonds. The summed E-state index contributed by atoms with van der Waals surface area (Å²) in [6.45, 7) is 3.24. The number of para-hydroxylation sites is 1. The zero-order valence-corrected chi connectivity index (χ0v) is 14.7. The van der Waals surface area contributed by atoms with Crippen molar-refractivity contribution < 1.29 is 18.1 Å². The lowest BCUT2D eigenvalue weighted by atomic mass is 10.1. The number of rotatable bonds is 5. The van der Waals surface area contributed by atoms with Gasteiger partial charge in [-0.15, -0.1) is 0 Å². The highest BCUT2D eigenvalue weighted by Crippen LogP contribution is 2.25. The number of nitro benzene ring substituents is 1. The smallest absolute Gasteiger partial charge is 0.285 e. The number of sulfonamides is 1. The molecule has 2 aromatic rings. The highest BCUT2D eigenvalue weighted by atomic mass is 32.2. The maximum atomic E-state index is 12.4. The van der Waals surface area contributed by atoms with Crippen molar-refractivity contribution in [2.45, 2.75) is 13.8 Å². The van der Waals surface area contributed by atoms with Gasteiger partial charge in [0.1, 0.15) is 5.56 Å². The molecule has 0 unspecified atom stereocenters. The lowest BCUT2D eigenvalue weighted by molar-refractivity contribution is -0.385. The van der Waals surface area contributed by atoms with E-state index in [-0.39, 0.29) is 11.3 Å². The van der Waals surface area contributed by atoms with Crippen molar-refractivity contribution in [1.82, 2.24) is 0 Å². The molecule has 0 aliphatic heterocycles. The molecular formula is C16H17N3O5S. The number of anilines is 2. The van der Waals surface area contributed by atoms with Crippen LogP contribution in [0.1, 0.15) is 21.5 Å². The van der Waals surface area contributed by atoms with Crippen LogP contribution in [0.4, 0.5) is 17.1 Å². The third-order valence-corrected chi connectivity index (χ3v) is 4.04. The van der Waals surface area contributed by atoms with Gasteiger partial charge in [0, 0.05) is 11.3 Å². The molecular weight excluding hydrogens is 346 g/mol. The van der Waals surface area contributed by atoms with Gasteiger partial charge in [-0.2, -0.15) is 0 Å². The minimum absolute atomic E-state index is 0.0407. The van der Waals surface area contributed by atoms with Crippen molar-refractivity contribution in [2.75, 3.05) is 16.3 Å². The summed E-state index contributed by atoms with van der Waals surface area (Å²) in [4.78, 5) is 23.0. The van der Waals surface area contributed by atoms with Gasteiger partial charge >= 0.3 is 0 Å². The molecule has 2 rings (SSSR count). The second kappa shape index (κ2) is 6.89. The van der Waals surface area contributed by atoms with Crippen molar-refractivity contribution in [3.63, 3.8) is 0 Å². The molecule has 2 N–H and O–H groups in total. The molecule has 0 fully saturated rings. The summed E-state index contributed by atoms with van der Waals surface area (Å²) < 4.78 is 24.9. The predicted molar refractivity (Wildman–Crippen MR) is 95.4 cm³/mol. The number of carbonyl (C=O) groups is 1. The van der Waals surface area contributed by atoms with E-state index >= 15 is 0 Å². The van der Waals surface area contributed by atoms with E-state index in [2.05, 4.69) is 10.0 Å². The van der Waals surface area contributed by atoms with E-state index in [9.17, 15) is 23.3 Å². The lowest BCUT2D eigenvalue weighted by Crippen LogP contribution is -2.15. The number of benzene rings is 2. The van der Waals surface area contributed by atoms with Crippen LogP contribution in [-0.4, -0.2) is 25.5 Å². The summed E-state index contributed by atoms with van der Waals surface area (Å²) in [6, 6.07) is 9.11. The Labute approximate surface area is 145 Å². The average Bonchev–Trinajstić information content (AvgIpc) is 2.48.